The molecule has 1 aliphatic rings. The monoisotopic (exact) mass is 277 g/mol. The van der Waals surface area contributed by atoms with E-state index in [1.54, 1.807) is 0 Å². The Balaban J connectivity index is 1.87. The summed E-state index contributed by atoms with van der Waals surface area (Å²) in [6.45, 7) is 3.69. The van der Waals surface area contributed by atoms with Gasteiger partial charge in [0.1, 0.15) is 17.5 Å². The molecule has 6 nitrogen and oxygen atoms in total. The third kappa shape index (κ3) is 4.68. The van der Waals surface area contributed by atoms with Gasteiger partial charge in [-0.1, -0.05) is 0 Å². The molecule has 0 spiro atoms. The molecule has 4 N–H and O–H groups in total. The van der Waals surface area contributed by atoms with Gasteiger partial charge in [0, 0.05) is 31.5 Å². The van der Waals surface area contributed by atoms with Crippen molar-refractivity contribution in [1.82, 2.24) is 9.97 Å². The summed E-state index contributed by atoms with van der Waals surface area (Å²) in [5.41, 5.74) is 5.11. The summed E-state index contributed by atoms with van der Waals surface area (Å²) >= 11 is 0. The van der Waals surface area contributed by atoms with Crippen molar-refractivity contribution in [3.8, 4) is 0 Å². The number of hydrogen-bond donors (Lipinski definition) is 3. The molecule has 6 heteroatoms. The van der Waals surface area contributed by atoms with Gasteiger partial charge in [0.25, 0.3) is 0 Å². The largest absolute Gasteiger partial charge is 0.370 e. The van der Waals surface area contributed by atoms with Gasteiger partial charge in [-0.25, -0.2) is 9.97 Å². The molecule has 1 aliphatic carbocycles. The molecule has 0 aromatic carbocycles. The normalized spacial score (nSPS) is 14.1. The van der Waals surface area contributed by atoms with Gasteiger partial charge in [0.05, 0.1) is 0 Å². The summed E-state index contributed by atoms with van der Waals surface area (Å²) in [5, 5.41) is 6.53. The maximum absolute atomic E-state index is 10.6. The number of aromatic nitrogens is 2. The zero-order valence-electron chi connectivity index (χ0n) is 12.0. The van der Waals surface area contributed by atoms with Gasteiger partial charge in [-0.2, -0.15) is 0 Å². The van der Waals surface area contributed by atoms with Crippen LogP contribution in [-0.4, -0.2) is 29.0 Å². The standard InChI is InChI=1S/C14H23N5O/c1-2-16-12-9-13(17-8-4-3-5-11(15)20)19-14(18-12)10-6-7-10/h9-10H,2-8H2,1H3,(H2,15,20)(H2,16,17,18,19). The number of nitrogens with one attached hydrogen (secondary N) is 2. The third-order valence-electron chi connectivity index (χ3n) is 3.20. The Kier molecular flexibility index (Phi) is 5.15. The van der Waals surface area contributed by atoms with Crippen LogP contribution in [0.3, 0.4) is 0 Å². The SMILES string of the molecule is CCNc1cc(NCCCCC(N)=O)nc(C2CC2)n1. The summed E-state index contributed by atoms with van der Waals surface area (Å²) in [6.07, 6.45) is 4.54. The molecule has 2 rings (SSSR count). The highest BCUT2D eigenvalue weighted by Crippen LogP contribution is 2.38. The molecular weight excluding hydrogens is 254 g/mol. The Morgan fingerprint density at radius 3 is 2.60 bits per heavy atom. The molecular formula is C14H23N5O. The Hall–Kier alpha value is -1.85. The van der Waals surface area contributed by atoms with E-state index in [1.807, 2.05) is 6.07 Å². The van der Waals surface area contributed by atoms with Gasteiger partial charge in [-0.05, 0) is 32.6 Å². The molecule has 0 saturated heterocycles. The molecule has 0 radical (unpaired) electrons. The van der Waals surface area contributed by atoms with Crippen LogP contribution in [-0.2, 0) is 4.79 Å². The van der Waals surface area contributed by atoms with Crippen LogP contribution in [0.25, 0.3) is 0 Å². The van der Waals surface area contributed by atoms with Crippen molar-refractivity contribution in [1.29, 1.82) is 0 Å². The highest BCUT2D eigenvalue weighted by molar-refractivity contribution is 5.73. The van der Waals surface area contributed by atoms with Crippen molar-refractivity contribution in [2.45, 2.75) is 44.9 Å². The van der Waals surface area contributed by atoms with Crippen LogP contribution in [0.4, 0.5) is 11.6 Å². The first-order valence-corrected chi connectivity index (χ1v) is 7.34. The Morgan fingerprint density at radius 2 is 2.00 bits per heavy atom. The van der Waals surface area contributed by atoms with Crippen LogP contribution in [0.2, 0.25) is 0 Å². The highest BCUT2D eigenvalue weighted by atomic mass is 16.1. The lowest BCUT2D eigenvalue weighted by Gasteiger charge is -2.10. The van der Waals surface area contributed by atoms with Crippen LogP contribution < -0.4 is 16.4 Å². The summed E-state index contributed by atoms with van der Waals surface area (Å²) in [5.74, 6) is 2.96. The maximum Gasteiger partial charge on any atom is 0.217 e. The second-order valence-electron chi connectivity index (χ2n) is 5.15. The summed E-state index contributed by atoms with van der Waals surface area (Å²) in [7, 11) is 0. The average molecular weight is 277 g/mol. The van der Waals surface area contributed by atoms with Crippen molar-refractivity contribution in [3.63, 3.8) is 0 Å². The lowest BCUT2D eigenvalue weighted by molar-refractivity contribution is -0.118. The van der Waals surface area contributed by atoms with Crippen molar-refractivity contribution in [2.24, 2.45) is 5.73 Å². The van der Waals surface area contributed by atoms with E-state index >= 15 is 0 Å². The van der Waals surface area contributed by atoms with E-state index in [-0.39, 0.29) is 5.91 Å². The Bertz CT molecular complexity index is 459. The van der Waals surface area contributed by atoms with Crippen molar-refractivity contribution >= 4 is 17.5 Å². The van der Waals surface area contributed by atoms with Gasteiger partial charge in [-0.15, -0.1) is 0 Å². The molecule has 1 amide bonds. The maximum atomic E-state index is 10.6. The number of nitrogens with zero attached hydrogens (tertiary/aromatic N) is 2. The number of carbonyl (C=O) groups excluding carboxylic acids is 1. The topological polar surface area (TPSA) is 92.9 Å². The average Bonchev–Trinajstić information content (AvgIpc) is 3.22. The fourth-order valence-electron chi connectivity index (χ4n) is 1.99. The van der Waals surface area contributed by atoms with Gasteiger partial charge in [0.15, 0.2) is 0 Å². The van der Waals surface area contributed by atoms with Crippen molar-refractivity contribution in [3.05, 3.63) is 11.9 Å². The van der Waals surface area contributed by atoms with Crippen LogP contribution in [0.15, 0.2) is 6.07 Å². The molecule has 1 aromatic rings. The minimum Gasteiger partial charge on any atom is -0.370 e. The minimum atomic E-state index is -0.238. The first kappa shape index (κ1) is 14.6. The number of unbranched alkanes of at least 4 members (excludes halogenated alkanes) is 1. The van der Waals surface area contributed by atoms with E-state index in [0.717, 1.165) is 43.4 Å². The summed E-state index contributed by atoms with van der Waals surface area (Å²) in [4.78, 5) is 19.7. The van der Waals surface area contributed by atoms with Crippen LogP contribution in [0.5, 0.6) is 0 Å². The van der Waals surface area contributed by atoms with Gasteiger partial charge < -0.3 is 16.4 Å². The molecule has 1 heterocycles. The third-order valence-corrected chi connectivity index (χ3v) is 3.20. The lowest BCUT2D eigenvalue weighted by atomic mass is 10.2. The molecule has 1 saturated carbocycles. The fraction of sp³-hybridized carbons (Fsp3) is 0.643. The second-order valence-corrected chi connectivity index (χ2v) is 5.15. The van der Waals surface area contributed by atoms with E-state index in [4.69, 9.17) is 5.73 Å². The molecule has 0 bridgehead atoms. The molecule has 0 atom stereocenters. The number of anilines is 2. The fourth-order valence-corrected chi connectivity index (χ4v) is 1.99. The van der Waals surface area contributed by atoms with E-state index in [9.17, 15) is 4.79 Å². The number of rotatable bonds is 9. The number of nitrogens with two attached hydrogens (primary N) is 1. The van der Waals surface area contributed by atoms with Gasteiger partial charge in [-0.3, -0.25) is 4.79 Å². The quantitative estimate of drug-likeness (QED) is 0.599. The molecule has 1 fully saturated rings. The van der Waals surface area contributed by atoms with E-state index < -0.39 is 0 Å². The van der Waals surface area contributed by atoms with E-state index in [1.165, 1.54) is 12.8 Å². The molecule has 0 unspecified atom stereocenters. The number of hydrogen-bond acceptors (Lipinski definition) is 5. The Morgan fingerprint density at radius 1 is 1.30 bits per heavy atom. The second kappa shape index (κ2) is 7.07. The van der Waals surface area contributed by atoms with Crippen LogP contribution >= 0.6 is 0 Å². The number of amides is 1. The zero-order valence-corrected chi connectivity index (χ0v) is 12.0. The van der Waals surface area contributed by atoms with E-state index in [2.05, 4.69) is 27.5 Å². The van der Waals surface area contributed by atoms with Gasteiger partial charge in [0.2, 0.25) is 5.91 Å². The van der Waals surface area contributed by atoms with Gasteiger partial charge >= 0.3 is 0 Å². The molecule has 0 aliphatic heterocycles. The van der Waals surface area contributed by atoms with Crippen molar-refractivity contribution in [2.75, 3.05) is 23.7 Å². The summed E-state index contributed by atoms with van der Waals surface area (Å²) in [6, 6.07) is 1.93. The number of carbonyl (C=O) groups is 1. The minimum absolute atomic E-state index is 0.238. The number of primary amides is 1. The first-order chi connectivity index (χ1) is 9.69. The lowest BCUT2D eigenvalue weighted by Crippen LogP contribution is -2.12. The summed E-state index contributed by atoms with van der Waals surface area (Å²) < 4.78 is 0. The molecule has 1 aromatic heterocycles. The van der Waals surface area contributed by atoms with Crippen LogP contribution in [0, 0.1) is 0 Å². The van der Waals surface area contributed by atoms with E-state index in [0.29, 0.717) is 12.3 Å². The predicted molar refractivity (Wildman–Crippen MR) is 79.7 cm³/mol. The molecule has 110 valence electrons. The van der Waals surface area contributed by atoms with Crippen LogP contribution in [0.1, 0.15) is 50.8 Å². The Labute approximate surface area is 119 Å². The predicted octanol–water partition coefficient (Wildman–Crippen LogP) is 1.85. The zero-order chi connectivity index (χ0) is 14.4. The molecule has 20 heavy (non-hydrogen) atoms. The highest BCUT2D eigenvalue weighted by Gasteiger charge is 2.27. The first-order valence-electron chi connectivity index (χ1n) is 7.34. The van der Waals surface area contributed by atoms with Crippen molar-refractivity contribution < 1.29 is 4.79 Å². The smallest absolute Gasteiger partial charge is 0.217 e.